The van der Waals surface area contributed by atoms with Crippen molar-refractivity contribution in [3.05, 3.63) is 314 Å². The Bertz CT molecular complexity index is 5410. The Labute approximate surface area is 537 Å². The quantitative estimate of drug-likeness (QED) is 0.0735. The van der Waals surface area contributed by atoms with Crippen LogP contribution >= 0.6 is 0 Å². The van der Waals surface area contributed by atoms with Crippen molar-refractivity contribution in [3.8, 4) is 112 Å². The topological polar surface area (TPSA) is 61.4 Å². The van der Waals surface area contributed by atoms with Crippen molar-refractivity contribution in [2.75, 3.05) is 0 Å². The van der Waals surface area contributed by atoms with E-state index in [0.29, 0.717) is 66.6 Å². The van der Waals surface area contributed by atoms with E-state index in [1.807, 2.05) is 194 Å². The lowest BCUT2D eigenvalue weighted by Crippen LogP contribution is -2.14. The van der Waals surface area contributed by atoms with Gasteiger partial charge in [0, 0.05) is 74.1 Å². The number of aromatic nitrogens is 6. The average Bonchev–Trinajstić information content (AvgIpc) is 1.39. The lowest BCUT2D eigenvalue weighted by atomic mass is 9.96. The third-order valence-corrected chi connectivity index (χ3v) is 17.6. The molecule has 0 saturated heterocycles. The maximum Gasteiger partial charge on any atom is 0.418 e. The molecule has 6 heterocycles. The largest absolute Gasteiger partial charge is 0.418 e. The number of benzene rings is 10. The van der Waals surface area contributed by atoms with Crippen LogP contribution in [0.4, 0.5) is 35.1 Å². The zero-order valence-corrected chi connectivity index (χ0v) is 49.8. The highest BCUT2D eigenvalue weighted by molar-refractivity contribution is 6.14. The molecule has 0 aliphatic carbocycles. The number of fused-ring (bicyclic) bond motifs is 6. The van der Waals surface area contributed by atoms with Gasteiger partial charge in [0.2, 0.25) is 5.82 Å². The number of rotatable bonds is 11. The molecule has 6 nitrogen and oxygen atoms in total. The fraction of sp³-hybridized carbons (Fsp3) is 0.0123. The van der Waals surface area contributed by atoms with Crippen LogP contribution in [0.5, 0.6) is 0 Å². The van der Waals surface area contributed by atoms with Gasteiger partial charge in [-0.15, -0.1) is 0 Å². The van der Waals surface area contributed by atoms with Crippen LogP contribution < -0.4 is 0 Å². The van der Waals surface area contributed by atoms with Gasteiger partial charge in [0.05, 0.1) is 67.3 Å². The average molecular weight is 1260 g/mol. The van der Waals surface area contributed by atoms with E-state index in [2.05, 4.69) is 19.9 Å². The Balaban J connectivity index is 0.972. The standard InChI is InChI=1S/C81H46F8N6/c82-76-75(77(83)79(85)80(86)78(76)84)63-45-74(95-71-27-23-53(57-31-35-92-67(43-57)49-17-9-3-10-18-49)39-61(71)62-40-54(24-28-72(62)95)58-32-36-93-68(44-58)50-19-11-4-12-20-50)64(81(87,88)89)46-73(63)94-69-25-21-51(55-29-33-90-65(41-55)47-13-5-1-6-14-47)37-59(69)60-38-52(22-26-70(60)94)56-30-34-91-66(42-56)48-15-7-2-8-16-48/h1-46H. The first-order valence-corrected chi connectivity index (χ1v) is 30.3. The fourth-order valence-corrected chi connectivity index (χ4v) is 13.0. The third-order valence-electron chi connectivity index (χ3n) is 17.6. The van der Waals surface area contributed by atoms with Crippen molar-refractivity contribution in [1.29, 1.82) is 0 Å². The zero-order chi connectivity index (χ0) is 64.6. The maximum atomic E-state index is 17.2. The molecule has 0 amide bonds. The minimum atomic E-state index is -5.24. The number of nitrogens with zero attached hydrogens (tertiary/aromatic N) is 6. The van der Waals surface area contributed by atoms with E-state index < -0.39 is 63.3 Å². The van der Waals surface area contributed by atoms with Crippen molar-refractivity contribution >= 4 is 43.6 Å². The molecule has 0 bridgehead atoms. The maximum absolute atomic E-state index is 17.2. The van der Waals surface area contributed by atoms with Crippen molar-refractivity contribution in [1.82, 2.24) is 29.1 Å². The Kier molecular flexibility index (Phi) is 14.2. The minimum absolute atomic E-state index is 0.231. The minimum Gasteiger partial charge on any atom is -0.309 e. The summed E-state index contributed by atoms with van der Waals surface area (Å²) in [4.78, 5) is 18.5. The van der Waals surface area contributed by atoms with Gasteiger partial charge in [0.1, 0.15) is 0 Å². The lowest BCUT2D eigenvalue weighted by molar-refractivity contribution is -0.137. The van der Waals surface area contributed by atoms with Crippen LogP contribution in [0.25, 0.3) is 156 Å². The van der Waals surface area contributed by atoms with Gasteiger partial charge >= 0.3 is 6.18 Å². The summed E-state index contributed by atoms with van der Waals surface area (Å²) in [7, 11) is 0. The van der Waals surface area contributed by atoms with Gasteiger partial charge in [-0.05, 0) is 154 Å². The van der Waals surface area contributed by atoms with E-state index in [4.69, 9.17) is 0 Å². The summed E-state index contributed by atoms with van der Waals surface area (Å²) in [5.74, 6) is -11.5. The number of alkyl halides is 3. The first kappa shape index (κ1) is 58.0. The van der Waals surface area contributed by atoms with E-state index in [-0.39, 0.29) is 22.1 Å². The second-order valence-electron chi connectivity index (χ2n) is 23.1. The summed E-state index contributed by atoms with van der Waals surface area (Å²) in [6, 6.07) is 76.0. The molecule has 0 unspecified atom stereocenters. The van der Waals surface area contributed by atoms with Crippen molar-refractivity contribution < 1.29 is 35.1 Å². The molecule has 0 radical (unpaired) electrons. The Morgan fingerprint density at radius 2 is 0.526 bits per heavy atom. The molecule has 456 valence electrons. The molecule has 0 atom stereocenters. The molecule has 10 aromatic carbocycles. The predicted molar refractivity (Wildman–Crippen MR) is 360 cm³/mol. The smallest absolute Gasteiger partial charge is 0.309 e. The second kappa shape index (κ2) is 23.2. The molecule has 0 fully saturated rings. The summed E-state index contributed by atoms with van der Waals surface area (Å²) in [6.07, 6.45) is 1.46. The predicted octanol–water partition coefficient (Wildman–Crippen LogP) is 22.2. The normalized spacial score (nSPS) is 11.8. The number of pyridine rings is 4. The first-order chi connectivity index (χ1) is 46.3. The molecule has 0 spiro atoms. The monoisotopic (exact) mass is 1250 g/mol. The Hall–Kier alpha value is -12.2. The molecule has 16 aromatic rings. The summed E-state index contributed by atoms with van der Waals surface area (Å²) < 4.78 is 135. The fourth-order valence-electron chi connectivity index (χ4n) is 13.0. The van der Waals surface area contributed by atoms with E-state index in [1.165, 1.54) is 9.13 Å². The number of hydrogen-bond acceptors (Lipinski definition) is 4. The van der Waals surface area contributed by atoms with Crippen LogP contribution in [0.15, 0.2) is 280 Å². The lowest BCUT2D eigenvalue weighted by Gasteiger charge is -2.23. The van der Waals surface area contributed by atoms with Crippen LogP contribution in [-0.4, -0.2) is 29.1 Å². The molecule has 6 aromatic heterocycles. The van der Waals surface area contributed by atoms with Gasteiger partial charge in [-0.3, -0.25) is 19.9 Å². The molecule has 0 aliphatic rings. The van der Waals surface area contributed by atoms with Gasteiger partial charge < -0.3 is 9.13 Å². The van der Waals surface area contributed by atoms with Crippen LogP contribution in [0.3, 0.4) is 0 Å². The highest BCUT2D eigenvalue weighted by atomic mass is 19.4. The highest BCUT2D eigenvalue weighted by Gasteiger charge is 2.39. The molecule has 16 rings (SSSR count). The van der Waals surface area contributed by atoms with Crippen LogP contribution in [0.2, 0.25) is 0 Å². The summed E-state index contributed by atoms with van der Waals surface area (Å²) in [5.41, 5.74) is 8.17. The van der Waals surface area contributed by atoms with Gasteiger partial charge in [0.25, 0.3) is 0 Å². The summed E-state index contributed by atoms with van der Waals surface area (Å²) in [6.45, 7) is 0. The molecular formula is C81H46F8N6. The highest BCUT2D eigenvalue weighted by Crippen LogP contribution is 2.48. The van der Waals surface area contributed by atoms with Crippen molar-refractivity contribution in [2.24, 2.45) is 0 Å². The SMILES string of the molecule is Fc1c(F)c(F)c(-c2cc(-n3c4ccc(-c5ccnc(-c6ccccc6)c5)cc4c4cc(-c5ccnc(-c6ccccc6)c5)ccc43)c(C(F)(F)F)cc2-n2c3ccc(-c4ccnc(-c5ccccc5)c4)cc3c3cc(-c4ccnc(-c5ccccc5)c4)ccc32)c(F)c1F. The van der Waals surface area contributed by atoms with Gasteiger partial charge in [0.15, 0.2) is 23.3 Å². The first-order valence-electron chi connectivity index (χ1n) is 30.3. The van der Waals surface area contributed by atoms with Crippen molar-refractivity contribution in [3.63, 3.8) is 0 Å². The van der Waals surface area contributed by atoms with E-state index in [0.717, 1.165) is 56.6 Å². The van der Waals surface area contributed by atoms with E-state index >= 15 is 35.1 Å². The van der Waals surface area contributed by atoms with Crippen LogP contribution in [0, 0.1) is 29.1 Å². The molecule has 0 N–H and O–H groups in total. The van der Waals surface area contributed by atoms with Crippen LogP contribution in [0.1, 0.15) is 5.56 Å². The summed E-state index contributed by atoms with van der Waals surface area (Å²) >= 11 is 0. The third kappa shape index (κ3) is 10.2. The second-order valence-corrected chi connectivity index (χ2v) is 23.1. The van der Waals surface area contributed by atoms with E-state index in [1.54, 1.807) is 73.3 Å². The van der Waals surface area contributed by atoms with Crippen LogP contribution in [-0.2, 0) is 6.18 Å². The van der Waals surface area contributed by atoms with E-state index in [9.17, 15) is 0 Å². The molecule has 14 heteroatoms. The van der Waals surface area contributed by atoms with Gasteiger partial charge in [-0.1, -0.05) is 146 Å². The molecule has 0 aliphatic heterocycles. The molecular weight excluding hydrogens is 1210 g/mol. The number of halogens is 8. The van der Waals surface area contributed by atoms with Gasteiger partial charge in [-0.25, -0.2) is 22.0 Å². The van der Waals surface area contributed by atoms with Crippen molar-refractivity contribution in [2.45, 2.75) is 6.18 Å². The molecule has 0 saturated carbocycles. The Morgan fingerprint density at radius 3 is 0.821 bits per heavy atom. The number of hydrogen-bond donors (Lipinski definition) is 0. The van der Waals surface area contributed by atoms with Gasteiger partial charge in [-0.2, -0.15) is 13.2 Å². The Morgan fingerprint density at radius 1 is 0.253 bits per heavy atom. The molecule has 95 heavy (non-hydrogen) atoms. The zero-order valence-electron chi connectivity index (χ0n) is 49.8. The summed E-state index contributed by atoms with van der Waals surface area (Å²) in [5, 5.41) is 1.93.